The van der Waals surface area contributed by atoms with Crippen molar-refractivity contribution in [3.63, 3.8) is 0 Å². The zero-order valence-electron chi connectivity index (χ0n) is 9.36. The lowest BCUT2D eigenvalue weighted by molar-refractivity contribution is 0.0696. The third kappa shape index (κ3) is 3.90. The molecule has 0 fully saturated rings. The van der Waals surface area contributed by atoms with Gasteiger partial charge < -0.3 is 15.6 Å². The molecule has 0 bridgehead atoms. The molecular formula is C12H19NO2. The molecule has 1 aromatic carbocycles. The maximum Gasteiger partial charge on any atom is 0.119 e. The smallest absolute Gasteiger partial charge is 0.119 e. The second-order valence-electron chi connectivity index (χ2n) is 3.96. The first-order chi connectivity index (χ1) is 7.07. The van der Waals surface area contributed by atoms with Crippen molar-refractivity contribution in [2.24, 2.45) is 5.73 Å². The van der Waals surface area contributed by atoms with Crippen LogP contribution in [0.2, 0.25) is 0 Å². The maximum atomic E-state index is 9.83. The Balaban J connectivity index is 2.73. The zero-order chi connectivity index (χ0) is 11.3. The van der Waals surface area contributed by atoms with E-state index in [-0.39, 0.29) is 6.54 Å². The number of nitrogens with two attached hydrogens (primary N) is 1. The fourth-order valence-electron chi connectivity index (χ4n) is 1.42. The molecule has 1 atom stereocenters. The van der Waals surface area contributed by atoms with E-state index in [9.17, 15) is 5.11 Å². The lowest BCUT2D eigenvalue weighted by atomic mass is 9.97. The highest BCUT2D eigenvalue weighted by molar-refractivity contribution is 5.29. The minimum absolute atomic E-state index is 0.256. The highest BCUT2D eigenvalue weighted by atomic mass is 16.5. The van der Waals surface area contributed by atoms with Crippen LogP contribution in [0.15, 0.2) is 24.3 Å². The van der Waals surface area contributed by atoms with Gasteiger partial charge in [-0.25, -0.2) is 0 Å². The topological polar surface area (TPSA) is 55.5 Å². The van der Waals surface area contributed by atoms with Crippen LogP contribution in [0.5, 0.6) is 5.75 Å². The van der Waals surface area contributed by atoms with E-state index in [1.54, 1.807) is 6.92 Å². The molecule has 0 radical (unpaired) electrons. The summed E-state index contributed by atoms with van der Waals surface area (Å²) in [6, 6.07) is 7.73. The van der Waals surface area contributed by atoms with Crippen LogP contribution in [0.4, 0.5) is 0 Å². The van der Waals surface area contributed by atoms with Crippen molar-refractivity contribution in [2.45, 2.75) is 25.9 Å². The monoisotopic (exact) mass is 209 g/mol. The van der Waals surface area contributed by atoms with Gasteiger partial charge in [-0.15, -0.1) is 0 Å². The molecule has 0 amide bonds. The van der Waals surface area contributed by atoms with Crippen molar-refractivity contribution >= 4 is 0 Å². The largest absolute Gasteiger partial charge is 0.494 e. The molecule has 1 aromatic rings. The van der Waals surface area contributed by atoms with Crippen LogP contribution in [-0.2, 0) is 6.42 Å². The molecule has 0 aliphatic carbocycles. The standard InChI is InChI=1S/C12H19NO2/c1-3-15-11-6-4-5-10(7-11)8-12(2,14)9-13/h4-7,14H,3,8-9,13H2,1-2H3. The molecule has 15 heavy (non-hydrogen) atoms. The summed E-state index contributed by atoms with van der Waals surface area (Å²) in [6.07, 6.45) is 0.546. The normalized spacial score (nSPS) is 14.7. The molecule has 0 aromatic heterocycles. The lowest BCUT2D eigenvalue weighted by Crippen LogP contribution is -2.36. The fraction of sp³-hybridized carbons (Fsp3) is 0.500. The predicted molar refractivity (Wildman–Crippen MR) is 61.0 cm³/mol. The van der Waals surface area contributed by atoms with Crippen LogP contribution >= 0.6 is 0 Å². The number of benzene rings is 1. The quantitative estimate of drug-likeness (QED) is 0.769. The first kappa shape index (κ1) is 12.0. The molecule has 3 heteroatoms. The van der Waals surface area contributed by atoms with Crippen LogP contribution in [0.25, 0.3) is 0 Å². The van der Waals surface area contributed by atoms with Crippen LogP contribution < -0.4 is 10.5 Å². The van der Waals surface area contributed by atoms with Crippen molar-refractivity contribution in [1.29, 1.82) is 0 Å². The summed E-state index contributed by atoms with van der Waals surface area (Å²) < 4.78 is 5.38. The second kappa shape index (κ2) is 5.14. The van der Waals surface area contributed by atoms with Gasteiger partial charge in [0.05, 0.1) is 12.2 Å². The van der Waals surface area contributed by atoms with E-state index in [4.69, 9.17) is 10.5 Å². The molecular weight excluding hydrogens is 190 g/mol. The Bertz CT molecular complexity index is 310. The van der Waals surface area contributed by atoms with Crippen molar-refractivity contribution in [2.75, 3.05) is 13.2 Å². The van der Waals surface area contributed by atoms with E-state index in [0.29, 0.717) is 13.0 Å². The second-order valence-corrected chi connectivity index (χ2v) is 3.96. The van der Waals surface area contributed by atoms with Gasteiger partial charge in [0, 0.05) is 13.0 Å². The summed E-state index contributed by atoms with van der Waals surface area (Å²) >= 11 is 0. The summed E-state index contributed by atoms with van der Waals surface area (Å²) in [7, 11) is 0. The molecule has 0 aliphatic rings. The predicted octanol–water partition coefficient (Wildman–Crippen LogP) is 1.34. The minimum Gasteiger partial charge on any atom is -0.494 e. The Hall–Kier alpha value is -1.06. The number of aliphatic hydroxyl groups is 1. The SMILES string of the molecule is CCOc1cccc(CC(C)(O)CN)c1. The molecule has 3 N–H and O–H groups in total. The first-order valence-electron chi connectivity index (χ1n) is 5.21. The first-order valence-corrected chi connectivity index (χ1v) is 5.21. The van der Waals surface area contributed by atoms with Crippen LogP contribution in [0, 0.1) is 0 Å². The Kier molecular flexibility index (Phi) is 4.12. The number of hydrogen-bond acceptors (Lipinski definition) is 3. The van der Waals surface area contributed by atoms with Crippen LogP contribution in [0.3, 0.4) is 0 Å². The molecule has 0 spiro atoms. The summed E-state index contributed by atoms with van der Waals surface area (Å²) in [6.45, 7) is 4.59. The van der Waals surface area contributed by atoms with Crippen LogP contribution in [0.1, 0.15) is 19.4 Å². The van der Waals surface area contributed by atoms with Gasteiger partial charge in [-0.3, -0.25) is 0 Å². The Morgan fingerprint density at radius 1 is 1.47 bits per heavy atom. The highest BCUT2D eigenvalue weighted by Crippen LogP contribution is 2.17. The van der Waals surface area contributed by atoms with Gasteiger partial charge in [-0.05, 0) is 31.5 Å². The fourth-order valence-corrected chi connectivity index (χ4v) is 1.42. The Morgan fingerprint density at radius 2 is 2.20 bits per heavy atom. The van der Waals surface area contributed by atoms with E-state index in [2.05, 4.69) is 0 Å². The van der Waals surface area contributed by atoms with E-state index < -0.39 is 5.60 Å². The van der Waals surface area contributed by atoms with Gasteiger partial charge in [-0.2, -0.15) is 0 Å². The summed E-state index contributed by atoms with van der Waals surface area (Å²) in [5.74, 6) is 0.836. The van der Waals surface area contributed by atoms with Gasteiger partial charge in [0.25, 0.3) is 0 Å². The Labute approximate surface area is 90.9 Å². The highest BCUT2D eigenvalue weighted by Gasteiger charge is 2.18. The van der Waals surface area contributed by atoms with E-state index in [0.717, 1.165) is 11.3 Å². The molecule has 1 unspecified atom stereocenters. The summed E-state index contributed by atoms with van der Waals surface area (Å²) in [5, 5.41) is 9.83. The molecule has 3 nitrogen and oxygen atoms in total. The average Bonchev–Trinajstić information content (AvgIpc) is 2.18. The van der Waals surface area contributed by atoms with E-state index in [1.165, 1.54) is 0 Å². The molecule has 1 rings (SSSR count). The Morgan fingerprint density at radius 3 is 2.80 bits per heavy atom. The molecule has 0 saturated carbocycles. The van der Waals surface area contributed by atoms with Crippen molar-refractivity contribution in [1.82, 2.24) is 0 Å². The number of rotatable bonds is 5. The molecule has 0 aliphatic heterocycles. The summed E-state index contributed by atoms with van der Waals surface area (Å²) in [5.41, 5.74) is 5.67. The van der Waals surface area contributed by atoms with E-state index in [1.807, 2.05) is 31.2 Å². The van der Waals surface area contributed by atoms with Crippen LogP contribution in [-0.4, -0.2) is 23.9 Å². The van der Waals surface area contributed by atoms with Crippen molar-refractivity contribution < 1.29 is 9.84 Å². The lowest BCUT2D eigenvalue weighted by Gasteiger charge is -2.21. The van der Waals surface area contributed by atoms with Gasteiger partial charge in [0.15, 0.2) is 0 Å². The van der Waals surface area contributed by atoms with Gasteiger partial charge in [0.1, 0.15) is 5.75 Å². The molecule has 0 heterocycles. The van der Waals surface area contributed by atoms with Crippen molar-refractivity contribution in [3.05, 3.63) is 29.8 Å². The van der Waals surface area contributed by atoms with Gasteiger partial charge in [0.2, 0.25) is 0 Å². The molecule has 84 valence electrons. The number of hydrogen-bond donors (Lipinski definition) is 2. The third-order valence-electron chi connectivity index (χ3n) is 2.23. The van der Waals surface area contributed by atoms with Gasteiger partial charge >= 0.3 is 0 Å². The van der Waals surface area contributed by atoms with Gasteiger partial charge in [-0.1, -0.05) is 12.1 Å². The third-order valence-corrected chi connectivity index (χ3v) is 2.23. The summed E-state index contributed by atoms with van der Waals surface area (Å²) in [4.78, 5) is 0. The van der Waals surface area contributed by atoms with Crippen molar-refractivity contribution in [3.8, 4) is 5.75 Å². The minimum atomic E-state index is -0.842. The number of ether oxygens (including phenoxy) is 1. The molecule has 0 saturated heterocycles. The van der Waals surface area contributed by atoms with E-state index >= 15 is 0 Å². The average molecular weight is 209 g/mol. The zero-order valence-corrected chi connectivity index (χ0v) is 9.36. The maximum absolute atomic E-state index is 9.83.